The molecule has 3 heterocycles. The van der Waals surface area contributed by atoms with E-state index in [0.717, 1.165) is 38.9 Å². The van der Waals surface area contributed by atoms with Gasteiger partial charge in [0.15, 0.2) is 6.10 Å². The predicted molar refractivity (Wildman–Crippen MR) is 84.2 cm³/mol. The maximum absolute atomic E-state index is 13.0. The van der Waals surface area contributed by atoms with Crippen molar-refractivity contribution in [1.82, 2.24) is 9.96 Å². The number of hydroxylamine groups is 2. The molecule has 1 aromatic rings. The van der Waals surface area contributed by atoms with Crippen LogP contribution in [0.1, 0.15) is 43.6 Å². The molecule has 0 radical (unpaired) electrons. The second-order valence-electron chi connectivity index (χ2n) is 6.70. The molecule has 1 aromatic carbocycles. The van der Waals surface area contributed by atoms with E-state index >= 15 is 0 Å². The van der Waals surface area contributed by atoms with Crippen LogP contribution in [0.25, 0.3) is 0 Å². The first kappa shape index (κ1) is 14.2. The van der Waals surface area contributed by atoms with E-state index in [1.54, 1.807) is 0 Å². The lowest BCUT2D eigenvalue weighted by molar-refractivity contribution is -0.174. The molecule has 3 aliphatic rings. The lowest BCUT2D eigenvalue weighted by atomic mass is 9.86. The van der Waals surface area contributed by atoms with Gasteiger partial charge in [-0.15, -0.1) is 0 Å². The maximum atomic E-state index is 13.0. The zero-order chi connectivity index (χ0) is 14.9. The highest BCUT2D eigenvalue weighted by Crippen LogP contribution is 2.42. The van der Waals surface area contributed by atoms with Gasteiger partial charge in [0.05, 0.1) is 0 Å². The summed E-state index contributed by atoms with van der Waals surface area (Å²) in [4.78, 5) is 21.1. The van der Waals surface area contributed by atoms with Crippen molar-refractivity contribution in [2.45, 2.75) is 50.2 Å². The number of nitrogens with zero attached hydrogens (tertiary/aromatic N) is 2. The van der Waals surface area contributed by atoms with Gasteiger partial charge >= 0.3 is 0 Å². The van der Waals surface area contributed by atoms with E-state index in [0.29, 0.717) is 6.04 Å². The second kappa shape index (κ2) is 6.01. The molecule has 0 N–H and O–H groups in total. The van der Waals surface area contributed by atoms with Crippen molar-refractivity contribution in [3.8, 4) is 0 Å². The molecule has 4 nitrogen and oxygen atoms in total. The van der Waals surface area contributed by atoms with Crippen LogP contribution in [-0.2, 0) is 9.63 Å². The first-order valence-electron chi connectivity index (χ1n) is 8.62. The summed E-state index contributed by atoms with van der Waals surface area (Å²) >= 11 is 0. The van der Waals surface area contributed by atoms with Gasteiger partial charge in [0.1, 0.15) is 0 Å². The third-order valence-electron chi connectivity index (χ3n) is 5.33. The van der Waals surface area contributed by atoms with Crippen LogP contribution in [0, 0.1) is 0 Å². The van der Waals surface area contributed by atoms with Gasteiger partial charge in [-0.1, -0.05) is 30.3 Å². The highest BCUT2D eigenvalue weighted by atomic mass is 16.7. The van der Waals surface area contributed by atoms with E-state index in [2.05, 4.69) is 29.3 Å². The molecule has 1 unspecified atom stereocenters. The number of benzene rings is 1. The number of carbonyl (C=O) groups excluding carboxylic acids is 1. The quantitative estimate of drug-likeness (QED) is 0.841. The van der Waals surface area contributed by atoms with Crippen molar-refractivity contribution in [3.63, 3.8) is 0 Å². The molecule has 3 fully saturated rings. The fraction of sp³-hybridized carbons (Fsp3) is 0.611. The zero-order valence-corrected chi connectivity index (χ0v) is 13.0. The molecule has 22 heavy (non-hydrogen) atoms. The van der Waals surface area contributed by atoms with Crippen LogP contribution in [0.2, 0.25) is 0 Å². The summed E-state index contributed by atoms with van der Waals surface area (Å²) in [6, 6.07) is 10.8. The van der Waals surface area contributed by atoms with E-state index in [4.69, 9.17) is 4.84 Å². The molecule has 0 aliphatic carbocycles. The number of rotatable bonds is 2. The Morgan fingerprint density at radius 3 is 2.55 bits per heavy atom. The van der Waals surface area contributed by atoms with Gasteiger partial charge in [-0.2, -0.15) is 5.06 Å². The van der Waals surface area contributed by atoms with Crippen LogP contribution >= 0.6 is 0 Å². The molecule has 4 rings (SSSR count). The van der Waals surface area contributed by atoms with Crippen molar-refractivity contribution in [2.75, 3.05) is 19.6 Å². The minimum Gasteiger partial charge on any atom is -0.340 e. The molecule has 1 amide bonds. The summed E-state index contributed by atoms with van der Waals surface area (Å²) in [6.07, 6.45) is 5.46. The molecule has 118 valence electrons. The van der Waals surface area contributed by atoms with Gasteiger partial charge in [0, 0.05) is 31.6 Å². The fourth-order valence-corrected chi connectivity index (χ4v) is 4.23. The van der Waals surface area contributed by atoms with Crippen molar-refractivity contribution < 1.29 is 9.63 Å². The van der Waals surface area contributed by atoms with Gasteiger partial charge in [-0.3, -0.25) is 9.63 Å². The number of amides is 1. The number of piperidine rings is 1. The van der Waals surface area contributed by atoms with Gasteiger partial charge in [0.2, 0.25) is 0 Å². The second-order valence-corrected chi connectivity index (χ2v) is 6.70. The molecule has 0 aromatic heterocycles. The number of likely N-dealkylation sites (tertiary alicyclic amines) is 1. The summed E-state index contributed by atoms with van der Waals surface area (Å²) in [5.74, 6) is 0.376. The smallest absolute Gasteiger partial charge is 0.254 e. The molecular formula is C18H24N2O2. The van der Waals surface area contributed by atoms with E-state index in [1.165, 1.54) is 18.4 Å². The standard InChI is InChI=1S/C18H24N2O2/c21-18(19-11-5-2-6-12-19)17-16(14-8-3-1-4-9-14)15-10-7-13-20(15)22-17/h1,3-4,8-9,15-17H,2,5-7,10-13H2/t15?,16-,17-/m1/s1. The first-order valence-corrected chi connectivity index (χ1v) is 8.62. The third-order valence-corrected chi connectivity index (χ3v) is 5.33. The highest BCUT2D eigenvalue weighted by molar-refractivity contribution is 5.82. The zero-order valence-electron chi connectivity index (χ0n) is 13.0. The lowest BCUT2D eigenvalue weighted by Gasteiger charge is -2.30. The number of hydrogen-bond acceptors (Lipinski definition) is 3. The predicted octanol–water partition coefficient (Wildman–Crippen LogP) is 2.56. The van der Waals surface area contributed by atoms with Crippen molar-refractivity contribution >= 4 is 5.91 Å². The summed E-state index contributed by atoms with van der Waals surface area (Å²) in [5, 5.41) is 2.07. The normalized spacial score (nSPS) is 32.2. The summed E-state index contributed by atoms with van der Waals surface area (Å²) in [5.41, 5.74) is 1.24. The van der Waals surface area contributed by atoms with Gasteiger partial charge in [-0.05, 0) is 37.7 Å². The lowest BCUT2D eigenvalue weighted by Crippen LogP contribution is -2.44. The number of fused-ring (bicyclic) bond motifs is 1. The van der Waals surface area contributed by atoms with Crippen LogP contribution in [0.3, 0.4) is 0 Å². The molecule has 3 aliphatic heterocycles. The average molecular weight is 300 g/mol. The molecule has 0 spiro atoms. The molecule has 0 bridgehead atoms. The summed E-state index contributed by atoms with van der Waals surface area (Å²) in [6.45, 7) is 2.74. The minimum atomic E-state index is -0.328. The van der Waals surface area contributed by atoms with Crippen molar-refractivity contribution in [1.29, 1.82) is 0 Å². The van der Waals surface area contributed by atoms with Crippen molar-refractivity contribution in [3.05, 3.63) is 35.9 Å². The maximum Gasteiger partial charge on any atom is 0.254 e. The van der Waals surface area contributed by atoms with Crippen LogP contribution < -0.4 is 0 Å². The van der Waals surface area contributed by atoms with Crippen LogP contribution in [0.5, 0.6) is 0 Å². The van der Waals surface area contributed by atoms with E-state index in [1.807, 2.05) is 11.0 Å². The van der Waals surface area contributed by atoms with E-state index < -0.39 is 0 Å². The monoisotopic (exact) mass is 300 g/mol. The topological polar surface area (TPSA) is 32.8 Å². The number of hydrogen-bond donors (Lipinski definition) is 0. The van der Waals surface area contributed by atoms with Crippen LogP contribution in [-0.4, -0.2) is 47.7 Å². The molecular weight excluding hydrogens is 276 g/mol. The Morgan fingerprint density at radius 1 is 1.00 bits per heavy atom. The molecule has 3 atom stereocenters. The third kappa shape index (κ3) is 2.44. The fourth-order valence-electron chi connectivity index (χ4n) is 4.23. The van der Waals surface area contributed by atoms with Gasteiger partial charge in [0.25, 0.3) is 5.91 Å². The molecule has 0 saturated carbocycles. The highest BCUT2D eigenvalue weighted by Gasteiger charge is 2.50. The Bertz CT molecular complexity index is 527. The average Bonchev–Trinajstić information content (AvgIpc) is 3.16. The van der Waals surface area contributed by atoms with Gasteiger partial charge in [-0.25, -0.2) is 0 Å². The largest absolute Gasteiger partial charge is 0.340 e. The van der Waals surface area contributed by atoms with E-state index in [9.17, 15) is 4.79 Å². The first-order chi connectivity index (χ1) is 10.8. The Hall–Kier alpha value is -1.39. The molecule has 4 heteroatoms. The van der Waals surface area contributed by atoms with Crippen molar-refractivity contribution in [2.24, 2.45) is 0 Å². The van der Waals surface area contributed by atoms with Crippen LogP contribution in [0.4, 0.5) is 0 Å². The minimum absolute atomic E-state index is 0.179. The Labute approximate surface area is 132 Å². The Kier molecular flexibility index (Phi) is 3.89. The Morgan fingerprint density at radius 2 is 1.77 bits per heavy atom. The van der Waals surface area contributed by atoms with Crippen LogP contribution in [0.15, 0.2) is 30.3 Å². The summed E-state index contributed by atoms with van der Waals surface area (Å²) in [7, 11) is 0. The molecule has 3 saturated heterocycles. The van der Waals surface area contributed by atoms with Gasteiger partial charge < -0.3 is 4.90 Å². The van der Waals surface area contributed by atoms with E-state index in [-0.39, 0.29) is 17.9 Å². The Balaban J connectivity index is 1.60. The number of carbonyl (C=O) groups is 1. The SMILES string of the molecule is O=C([C@@H]1ON2CCCC2[C@H]1c1ccccc1)N1CCCCC1. The summed E-state index contributed by atoms with van der Waals surface area (Å²) < 4.78 is 0.